The molecule has 0 spiro atoms. The summed E-state index contributed by atoms with van der Waals surface area (Å²) in [7, 11) is -3.77. The molecule has 0 unspecified atom stereocenters. The van der Waals surface area contributed by atoms with Crippen LogP contribution in [0.2, 0.25) is 0 Å². The van der Waals surface area contributed by atoms with Gasteiger partial charge in [-0.15, -0.1) is 0 Å². The van der Waals surface area contributed by atoms with E-state index in [-0.39, 0.29) is 16.2 Å². The van der Waals surface area contributed by atoms with E-state index in [1.165, 1.54) is 12.1 Å². The standard InChI is InChI=1S/C7H9NO4S/c8-13(11,12)6-1-2-7(10)5(3-6)4-9/h1-3,9-10H,4H2,(H2,8,11,12). The summed E-state index contributed by atoms with van der Waals surface area (Å²) in [5, 5.41) is 22.7. The van der Waals surface area contributed by atoms with Crippen molar-refractivity contribution in [2.45, 2.75) is 11.5 Å². The van der Waals surface area contributed by atoms with Crippen molar-refractivity contribution < 1.29 is 18.6 Å². The van der Waals surface area contributed by atoms with Crippen molar-refractivity contribution in [2.75, 3.05) is 0 Å². The summed E-state index contributed by atoms with van der Waals surface area (Å²) in [6, 6.07) is 3.47. The fourth-order valence-corrected chi connectivity index (χ4v) is 1.43. The fraction of sp³-hybridized carbons (Fsp3) is 0.143. The second-order valence-corrected chi connectivity index (χ2v) is 4.06. The Morgan fingerprint density at radius 2 is 2.00 bits per heavy atom. The van der Waals surface area contributed by atoms with Crippen LogP contribution in [-0.2, 0) is 16.6 Å². The van der Waals surface area contributed by atoms with Crippen LogP contribution in [0.15, 0.2) is 23.1 Å². The first-order chi connectivity index (χ1) is 5.95. The lowest BCUT2D eigenvalue weighted by Crippen LogP contribution is -2.12. The first kappa shape index (κ1) is 9.97. The zero-order valence-corrected chi connectivity index (χ0v) is 7.45. The summed E-state index contributed by atoms with van der Waals surface area (Å²) in [4.78, 5) is -0.130. The molecule has 0 aliphatic rings. The van der Waals surface area contributed by atoms with Crippen molar-refractivity contribution >= 4 is 10.0 Å². The maximum Gasteiger partial charge on any atom is 0.238 e. The molecular formula is C7H9NO4S. The summed E-state index contributed by atoms with van der Waals surface area (Å²) in [6.45, 7) is -0.435. The molecule has 6 heteroatoms. The summed E-state index contributed by atoms with van der Waals surface area (Å²) < 4.78 is 21.7. The number of primary sulfonamides is 1. The van der Waals surface area contributed by atoms with Gasteiger partial charge in [-0.3, -0.25) is 0 Å². The van der Waals surface area contributed by atoms with E-state index in [0.29, 0.717) is 0 Å². The van der Waals surface area contributed by atoms with Gasteiger partial charge in [0.25, 0.3) is 0 Å². The normalized spacial score (nSPS) is 11.5. The maximum atomic E-state index is 10.8. The fourth-order valence-electron chi connectivity index (χ4n) is 0.865. The summed E-state index contributed by atoms with van der Waals surface area (Å²) in [6.07, 6.45) is 0. The third kappa shape index (κ3) is 2.18. The van der Waals surface area contributed by atoms with Crippen molar-refractivity contribution in [3.05, 3.63) is 23.8 Å². The maximum absolute atomic E-state index is 10.8. The van der Waals surface area contributed by atoms with Crippen molar-refractivity contribution in [1.82, 2.24) is 0 Å². The number of aliphatic hydroxyl groups is 1. The minimum Gasteiger partial charge on any atom is -0.508 e. The number of hydrogen-bond donors (Lipinski definition) is 3. The molecule has 0 aliphatic heterocycles. The van der Waals surface area contributed by atoms with E-state index in [9.17, 15) is 8.42 Å². The van der Waals surface area contributed by atoms with E-state index in [1.54, 1.807) is 0 Å². The molecule has 1 aromatic rings. The van der Waals surface area contributed by atoms with Gasteiger partial charge in [0.15, 0.2) is 0 Å². The lowest BCUT2D eigenvalue weighted by molar-refractivity contribution is 0.275. The van der Waals surface area contributed by atoms with Crippen LogP contribution in [0.3, 0.4) is 0 Å². The quantitative estimate of drug-likeness (QED) is 0.605. The number of sulfonamides is 1. The van der Waals surface area contributed by atoms with Gasteiger partial charge in [0.2, 0.25) is 10.0 Å². The molecule has 0 saturated carbocycles. The lowest BCUT2D eigenvalue weighted by atomic mass is 10.2. The van der Waals surface area contributed by atoms with Gasteiger partial charge in [0.05, 0.1) is 11.5 Å². The molecule has 0 fully saturated rings. The number of aromatic hydroxyl groups is 1. The first-order valence-corrected chi connectivity index (χ1v) is 4.95. The Balaban J connectivity index is 3.30. The molecule has 0 aromatic heterocycles. The van der Waals surface area contributed by atoms with Crippen molar-refractivity contribution in [3.63, 3.8) is 0 Å². The molecule has 0 amide bonds. The predicted molar refractivity (Wildman–Crippen MR) is 45.4 cm³/mol. The average molecular weight is 203 g/mol. The average Bonchev–Trinajstić information content (AvgIpc) is 2.03. The number of rotatable bonds is 2. The van der Waals surface area contributed by atoms with E-state index in [1.807, 2.05) is 0 Å². The molecule has 13 heavy (non-hydrogen) atoms. The van der Waals surface area contributed by atoms with Crippen molar-refractivity contribution in [1.29, 1.82) is 0 Å². The zero-order chi connectivity index (χ0) is 10.1. The van der Waals surface area contributed by atoms with E-state index in [4.69, 9.17) is 15.4 Å². The molecule has 0 atom stereocenters. The van der Waals surface area contributed by atoms with Gasteiger partial charge in [-0.1, -0.05) is 0 Å². The topological polar surface area (TPSA) is 101 Å². The molecule has 0 radical (unpaired) electrons. The number of benzene rings is 1. The molecule has 1 rings (SSSR count). The van der Waals surface area contributed by atoms with Crippen LogP contribution >= 0.6 is 0 Å². The Bertz CT molecular complexity index is 413. The molecule has 0 heterocycles. The zero-order valence-electron chi connectivity index (χ0n) is 6.64. The first-order valence-electron chi connectivity index (χ1n) is 3.40. The van der Waals surface area contributed by atoms with Crippen LogP contribution in [0.25, 0.3) is 0 Å². The highest BCUT2D eigenvalue weighted by Gasteiger charge is 2.10. The molecule has 1 aromatic carbocycles. The van der Waals surface area contributed by atoms with Gasteiger partial charge in [0, 0.05) is 5.56 Å². The number of aliphatic hydroxyl groups excluding tert-OH is 1. The van der Waals surface area contributed by atoms with E-state index >= 15 is 0 Å². The van der Waals surface area contributed by atoms with E-state index in [0.717, 1.165) is 6.07 Å². The Morgan fingerprint density at radius 1 is 1.38 bits per heavy atom. The highest BCUT2D eigenvalue weighted by atomic mass is 32.2. The highest BCUT2D eigenvalue weighted by molar-refractivity contribution is 7.89. The smallest absolute Gasteiger partial charge is 0.238 e. The number of phenols is 1. The van der Waals surface area contributed by atoms with Gasteiger partial charge in [-0.2, -0.15) is 0 Å². The van der Waals surface area contributed by atoms with Crippen LogP contribution in [0.4, 0.5) is 0 Å². The van der Waals surface area contributed by atoms with Gasteiger partial charge < -0.3 is 10.2 Å². The molecular weight excluding hydrogens is 194 g/mol. The summed E-state index contributed by atoms with van der Waals surface area (Å²) >= 11 is 0. The SMILES string of the molecule is NS(=O)(=O)c1ccc(O)c(CO)c1. The Labute approximate surface area is 75.5 Å². The van der Waals surface area contributed by atoms with Gasteiger partial charge in [0.1, 0.15) is 5.75 Å². The lowest BCUT2D eigenvalue weighted by Gasteiger charge is -2.03. The summed E-state index contributed by atoms with van der Waals surface area (Å²) in [5.74, 6) is -0.157. The van der Waals surface area contributed by atoms with Crippen LogP contribution < -0.4 is 5.14 Å². The Kier molecular flexibility index (Phi) is 2.55. The van der Waals surface area contributed by atoms with E-state index in [2.05, 4.69) is 0 Å². The second-order valence-electron chi connectivity index (χ2n) is 2.49. The largest absolute Gasteiger partial charge is 0.508 e. The minimum absolute atomic E-state index is 0.130. The van der Waals surface area contributed by atoms with Crippen LogP contribution in [0, 0.1) is 0 Å². The minimum atomic E-state index is -3.77. The Morgan fingerprint density at radius 3 is 2.46 bits per heavy atom. The molecule has 5 nitrogen and oxygen atoms in total. The predicted octanol–water partition coefficient (Wildman–Crippen LogP) is -0.468. The Hall–Kier alpha value is -1.11. The van der Waals surface area contributed by atoms with Crippen molar-refractivity contribution in [3.8, 4) is 5.75 Å². The third-order valence-corrected chi connectivity index (χ3v) is 2.46. The second kappa shape index (κ2) is 3.33. The number of nitrogens with two attached hydrogens (primary N) is 1. The monoisotopic (exact) mass is 203 g/mol. The van der Waals surface area contributed by atoms with Gasteiger partial charge in [-0.25, -0.2) is 13.6 Å². The van der Waals surface area contributed by atoms with E-state index < -0.39 is 16.6 Å². The van der Waals surface area contributed by atoms with Crippen molar-refractivity contribution in [2.24, 2.45) is 5.14 Å². The van der Waals surface area contributed by atoms with Gasteiger partial charge >= 0.3 is 0 Å². The summed E-state index contributed by atoms with van der Waals surface area (Å²) in [5.41, 5.74) is 0.131. The van der Waals surface area contributed by atoms with Crippen LogP contribution in [-0.4, -0.2) is 18.6 Å². The molecule has 72 valence electrons. The van der Waals surface area contributed by atoms with Crippen LogP contribution in [0.1, 0.15) is 5.56 Å². The number of hydrogen-bond acceptors (Lipinski definition) is 4. The molecule has 0 bridgehead atoms. The van der Waals surface area contributed by atoms with Gasteiger partial charge in [-0.05, 0) is 18.2 Å². The molecule has 0 saturated heterocycles. The molecule has 4 N–H and O–H groups in total. The third-order valence-electron chi connectivity index (χ3n) is 1.55. The highest BCUT2D eigenvalue weighted by Crippen LogP contribution is 2.20. The van der Waals surface area contributed by atoms with Crippen LogP contribution in [0.5, 0.6) is 5.75 Å². The molecule has 0 aliphatic carbocycles.